The summed E-state index contributed by atoms with van der Waals surface area (Å²) in [5.41, 5.74) is -0.496. The fourth-order valence-electron chi connectivity index (χ4n) is 2.05. The number of carbonyl (C=O) groups excluding carboxylic acids is 1. The van der Waals surface area contributed by atoms with Crippen LogP contribution in [0.4, 0.5) is 24.5 Å². The molecule has 0 saturated carbocycles. The van der Waals surface area contributed by atoms with Gasteiger partial charge in [-0.2, -0.15) is 5.10 Å². The molecule has 2 aromatic rings. The maximum Gasteiger partial charge on any atom is 0.573 e. The summed E-state index contributed by atoms with van der Waals surface area (Å²) in [4.78, 5) is 22.5. The molecule has 1 amide bonds. The number of ether oxygens (including phenoxy) is 1. The molecule has 0 bridgehead atoms. The summed E-state index contributed by atoms with van der Waals surface area (Å²) in [6.07, 6.45) is -4.82. The lowest BCUT2D eigenvalue weighted by atomic mass is 10.2. The van der Waals surface area contributed by atoms with E-state index in [1.54, 1.807) is 0 Å². The normalized spacial score (nSPS) is 11.2. The van der Waals surface area contributed by atoms with Crippen LogP contribution < -0.4 is 10.1 Å². The highest BCUT2D eigenvalue weighted by Gasteiger charge is 2.31. The molecular weight excluding hydrogens is 333 g/mol. The smallest absolute Gasteiger partial charge is 0.406 e. The minimum Gasteiger partial charge on any atom is -0.406 e. The van der Waals surface area contributed by atoms with Crippen LogP contribution in [0.15, 0.2) is 24.3 Å². The molecule has 1 N–H and O–H groups in total. The highest BCUT2D eigenvalue weighted by Crippen LogP contribution is 2.26. The van der Waals surface area contributed by atoms with Crippen LogP contribution in [0.3, 0.4) is 0 Å². The van der Waals surface area contributed by atoms with Gasteiger partial charge in [0.1, 0.15) is 11.4 Å². The Labute approximate surface area is 133 Å². The average Bonchev–Trinajstić information content (AvgIpc) is 2.74. The second kappa shape index (κ2) is 6.18. The van der Waals surface area contributed by atoms with Crippen molar-refractivity contribution in [2.24, 2.45) is 7.05 Å². The zero-order chi connectivity index (χ0) is 18.1. The monoisotopic (exact) mass is 344 g/mol. The molecule has 0 aliphatic rings. The van der Waals surface area contributed by atoms with Gasteiger partial charge in [0, 0.05) is 12.7 Å². The van der Waals surface area contributed by atoms with Gasteiger partial charge in [0.2, 0.25) is 5.69 Å². The number of benzene rings is 1. The van der Waals surface area contributed by atoms with Crippen LogP contribution in [-0.2, 0) is 7.05 Å². The van der Waals surface area contributed by atoms with E-state index in [4.69, 9.17) is 0 Å². The third-order valence-electron chi connectivity index (χ3n) is 2.93. The van der Waals surface area contributed by atoms with Crippen LogP contribution in [0.2, 0.25) is 0 Å². The van der Waals surface area contributed by atoms with Gasteiger partial charge in [0.25, 0.3) is 5.91 Å². The summed E-state index contributed by atoms with van der Waals surface area (Å²) in [5.74, 6) is -1.27. The number of halogens is 3. The minimum absolute atomic E-state index is 0.0709. The third kappa shape index (κ3) is 3.80. The van der Waals surface area contributed by atoms with E-state index in [2.05, 4.69) is 15.2 Å². The number of hydrogen-bond donors (Lipinski definition) is 1. The van der Waals surface area contributed by atoms with Crippen molar-refractivity contribution in [1.29, 1.82) is 0 Å². The summed E-state index contributed by atoms with van der Waals surface area (Å²) in [7, 11) is 1.37. The van der Waals surface area contributed by atoms with Gasteiger partial charge in [-0.25, -0.2) is 0 Å². The van der Waals surface area contributed by atoms with Gasteiger partial charge in [-0.15, -0.1) is 13.2 Å². The van der Waals surface area contributed by atoms with E-state index in [0.717, 1.165) is 16.8 Å². The maximum atomic E-state index is 12.2. The summed E-state index contributed by atoms with van der Waals surface area (Å²) >= 11 is 0. The molecule has 0 atom stereocenters. The lowest BCUT2D eigenvalue weighted by Gasteiger charge is -2.10. The third-order valence-corrected chi connectivity index (χ3v) is 2.93. The molecule has 2 rings (SSSR count). The van der Waals surface area contributed by atoms with Crippen molar-refractivity contribution < 1.29 is 27.6 Å². The van der Waals surface area contributed by atoms with Gasteiger partial charge in [0.05, 0.1) is 4.92 Å². The molecule has 0 radical (unpaired) electrons. The topological polar surface area (TPSA) is 99.3 Å². The standard InChI is InChI=1S/C13H11F3N4O4/c1-7-10(20(22)23)11(19(2)18-7)12(21)17-8-3-5-9(6-4-8)24-13(14,15)16/h3-6H,1-2H3,(H,17,21). The van der Waals surface area contributed by atoms with Crippen LogP contribution in [-0.4, -0.2) is 27.0 Å². The SMILES string of the molecule is Cc1nn(C)c(C(=O)Nc2ccc(OC(F)(F)F)cc2)c1[N+](=O)[O-]. The van der Waals surface area contributed by atoms with E-state index in [9.17, 15) is 28.1 Å². The molecular formula is C13H11F3N4O4. The minimum atomic E-state index is -4.82. The van der Waals surface area contributed by atoms with Crippen LogP contribution in [0, 0.1) is 17.0 Å². The molecule has 0 saturated heterocycles. The van der Waals surface area contributed by atoms with E-state index < -0.39 is 28.6 Å². The molecule has 1 heterocycles. The number of nitro groups is 1. The maximum absolute atomic E-state index is 12.2. The van der Waals surface area contributed by atoms with Gasteiger partial charge in [-0.3, -0.25) is 19.6 Å². The summed E-state index contributed by atoms with van der Waals surface area (Å²) in [6, 6.07) is 4.36. The first kappa shape index (κ1) is 17.2. The number of nitrogens with one attached hydrogen (secondary N) is 1. The van der Waals surface area contributed by atoms with E-state index in [0.29, 0.717) is 0 Å². The first-order valence-electron chi connectivity index (χ1n) is 6.43. The van der Waals surface area contributed by atoms with Gasteiger partial charge < -0.3 is 10.1 Å². The first-order valence-corrected chi connectivity index (χ1v) is 6.43. The number of alkyl halides is 3. The Morgan fingerprint density at radius 2 is 1.92 bits per heavy atom. The Hall–Kier alpha value is -3.11. The van der Waals surface area contributed by atoms with Crippen molar-refractivity contribution in [3.05, 3.63) is 45.8 Å². The number of carbonyl (C=O) groups is 1. The lowest BCUT2D eigenvalue weighted by molar-refractivity contribution is -0.385. The molecule has 0 aliphatic heterocycles. The predicted octanol–water partition coefficient (Wildman–Crippen LogP) is 2.79. The number of anilines is 1. The van der Waals surface area contributed by atoms with Crippen molar-refractivity contribution in [1.82, 2.24) is 9.78 Å². The van der Waals surface area contributed by atoms with E-state index in [1.165, 1.54) is 26.1 Å². The second-order valence-electron chi connectivity index (χ2n) is 4.69. The number of aromatic nitrogens is 2. The van der Waals surface area contributed by atoms with Gasteiger partial charge in [-0.05, 0) is 31.2 Å². The molecule has 0 unspecified atom stereocenters. The Bertz CT molecular complexity index is 784. The molecule has 8 nitrogen and oxygen atoms in total. The molecule has 0 spiro atoms. The van der Waals surface area contributed by atoms with Crippen LogP contribution >= 0.6 is 0 Å². The van der Waals surface area contributed by atoms with E-state index in [-0.39, 0.29) is 17.1 Å². The quantitative estimate of drug-likeness (QED) is 0.679. The second-order valence-corrected chi connectivity index (χ2v) is 4.69. The molecule has 1 aromatic heterocycles. The predicted molar refractivity (Wildman–Crippen MR) is 75.7 cm³/mol. The van der Waals surface area contributed by atoms with E-state index in [1.807, 2.05) is 0 Å². The van der Waals surface area contributed by atoms with Crippen molar-refractivity contribution in [3.63, 3.8) is 0 Å². The fraction of sp³-hybridized carbons (Fsp3) is 0.231. The fourth-order valence-corrected chi connectivity index (χ4v) is 2.05. The number of hydrogen-bond acceptors (Lipinski definition) is 5. The van der Waals surface area contributed by atoms with Crippen LogP contribution in [0.1, 0.15) is 16.2 Å². The Kier molecular flexibility index (Phi) is 4.44. The van der Waals surface area contributed by atoms with Crippen molar-refractivity contribution in [2.45, 2.75) is 13.3 Å². The molecule has 0 fully saturated rings. The number of nitrogens with zero attached hydrogens (tertiary/aromatic N) is 3. The summed E-state index contributed by atoms with van der Waals surface area (Å²) < 4.78 is 41.0. The van der Waals surface area contributed by atoms with Crippen molar-refractivity contribution in [2.75, 3.05) is 5.32 Å². The molecule has 1 aromatic carbocycles. The molecule has 24 heavy (non-hydrogen) atoms. The number of aryl methyl sites for hydroxylation is 2. The van der Waals surface area contributed by atoms with Gasteiger partial charge in [-0.1, -0.05) is 0 Å². The van der Waals surface area contributed by atoms with Crippen molar-refractivity contribution in [3.8, 4) is 5.75 Å². The number of rotatable bonds is 4. The summed E-state index contributed by atoms with van der Waals surface area (Å²) in [6.45, 7) is 1.39. The number of amides is 1. The average molecular weight is 344 g/mol. The highest BCUT2D eigenvalue weighted by atomic mass is 19.4. The van der Waals surface area contributed by atoms with Gasteiger partial charge in [0.15, 0.2) is 0 Å². The Morgan fingerprint density at radius 1 is 1.33 bits per heavy atom. The van der Waals surface area contributed by atoms with Gasteiger partial charge >= 0.3 is 12.0 Å². The molecule has 11 heteroatoms. The van der Waals surface area contributed by atoms with Crippen LogP contribution in [0.25, 0.3) is 0 Å². The van der Waals surface area contributed by atoms with Crippen LogP contribution in [0.5, 0.6) is 5.75 Å². The van der Waals surface area contributed by atoms with Crippen molar-refractivity contribution >= 4 is 17.3 Å². The molecule has 128 valence electrons. The zero-order valence-electron chi connectivity index (χ0n) is 12.4. The molecule has 0 aliphatic carbocycles. The zero-order valence-corrected chi connectivity index (χ0v) is 12.4. The summed E-state index contributed by atoms with van der Waals surface area (Å²) in [5, 5.41) is 17.2. The Balaban J connectivity index is 2.20. The highest BCUT2D eigenvalue weighted by molar-refractivity contribution is 6.06. The Morgan fingerprint density at radius 3 is 2.42 bits per heavy atom. The lowest BCUT2D eigenvalue weighted by Crippen LogP contribution is -2.18. The van der Waals surface area contributed by atoms with E-state index >= 15 is 0 Å². The largest absolute Gasteiger partial charge is 0.573 e. The first-order chi connectivity index (χ1) is 11.1.